The van der Waals surface area contributed by atoms with E-state index < -0.39 is 94.0 Å². The Labute approximate surface area is 180 Å². The lowest BCUT2D eigenvalue weighted by Crippen LogP contribution is -2.70. The predicted molar refractivity (Wildman–Crippen MR) is 94.2 cm³/mol. The molecule has 0 aromatic carbocycles. The number of carbonyl (C=O) groups is 7. The van der Waals surface area contributed by atoms with Crippen LogP contribution in [0.5, 0.6) is 0 Å². The van der Waals surface area contributed by atoms with Crippen LogP contribution in [-0.2, 0) is 33.6 Å². The van der Waals surface area contributed by atoms with Crippen molar-refractivity contribution in [2.45, 2.75) is 16.5 Å². The van der Waals surface area contributed by atoms with Crippen molar-refractivity contribution < 1.29 is 69.3 Å². The second kappa shape index (κ2) is 8.68. The molecule has 16 nitrogen and oxygen atoms in total. The Morgan fingerprint density at radius 3 is 1.50 bits per heavy atom. The van der Waals surface area contributed by atoms with Crippen molar-refractivity contribution in [3.63, 3.8) is 0 Å². The number of rotatable bonds is 11. The van der Waals surface area contributed by atoms with Crippen molar-refractivity contribution in [2.24, 2.45) is 10.8 Å². The fraction of sp³-hybridized carbons (Fsp3) is 0.467. The van der Waals surface area contributed by atoms with E-state index in [0.29, 0.717) is 0 Å². The van der Waals surface area contributed by atoms with Crippen LogP contribution in [0.15, 0.2) is 0 Å². The average Bonchev–Trinajstić information content (AvgIpc) is 2.89. The van der Waals surface area contributed by atoms with E-state index in [-0.39, 0.29) is 4.90 Å². The molecule has 17 heteroatoms. The summed E-state index contributed by atoms with van der Waals surface area (Å²) in [5.41, 5.74) is -7.67. The number of carboxylic acids is 7. The minimum absolute atomic E-state index is 0.107. The number of aliphatic carboxylic acids is 7. The molecule has 4 atom stereocenters. The highest BCUT2D eigenvalue weighted by Gasteiger charge is 2.86. The molecule has 1 aliphatic heterocycles. The zero-order valence-corrected chi connectivity index (χ0v) is 16.3. The van der Waals surface area contributed by atoms with Gasteiger partial charge in [-0.1, -0.05) is 0 Å². The largest absolute Gasteiger partial charge is 0.481 e. The highest BCUT2D eigenvalue weighted by atomic mass is 32.2. The second-order valence-electron chi connectivity index (χ2n) is 6.44. The first kappa shape index (κ1) is 26.1. The van der Waals surface area contributed by atoms with Crippen molar-refractivity contribution in [3.05, 3.63) is 0 Å². The van der Waals surface area contributed by atoms with Gasteiger partial charge in [-0.15, -0.1) is 11.8 Å². The summed E-state index contributed by atoms with van der Waals surface area (Å²) in [6.45, 7) is -3.17. The molecule has 0 saturated carbocycles. The number of hydrogen-bond donors (Lipinski definition) is 7. The molecule has 0 aromatic heterocycles. The van der Waals surface area contributed by atoms with Crippen LogP contribution in [0.4, 0.5) is 0 Å². The summed E-state index contributed by atoms with van der Waals surface area (Å²) in [4.78, 5) is 79.1. The van der Waals surface area contributed by atoms with Gasteiger partial charge in [0.25, 0.3) is 0 Å². The van der Waals surface area contributed by atoms with Gasteiger partial charge in [-0.3, -0.25) is 33.7 Å². The Balaban J connectivity index is 4.36. The lowest BCUT2D eigenvalue weighted by molar-refractivity contribution is -0.186. The van der Waals surface area contributed by atoms with Crippen LogP contribution in [0.2, 0.25) is 0 Å². The number of nitrogens with zero attached hydrogens (tertiary/aromatic N) is 2. The first-order valence-corrected chi connectivity index (χ1v) is 8.88. The first-order valence-electron chi connectivity index (χ1n) is 8.01. The number of nitriles is 1. The van der Waals surface area contributed by atoms with Gasteiger partial charge < -0.3 is 35.7 Å². The van der Waals surface area contributed by atoms with E-state index >= 15 is 0 Å². The van der Waals surface area contributed by atoms with Gasteiger partial charge in [0.15, 0.2) is 4.87 Å². The quantitative estimate of drug-likeness (QED) is 0.162. The zero-order chi connectivity index (χ0) is 25.2. The molecule has 7 N–H and O–H groups in total. The Bertz CT molecular complexity index is 942. The monoisotopic (exact) mass is 478 g/mol. The van der Waals surface area contributed by atoms with Gasteiger partial charge in [0.2, 0.25) is 5.41 Å². The third-order valence-corrected chi connectivity index (χ3v) is 6.75. The van der Waals surface area contributed by atoms with E-state index in [1.165, 1.54) is 0 Å². The summed E-state index contributed by atoms with van der Waals surface area (Å²) in [5, 5.41) is 73.7. The zero-order valence-electron chi connectivity index (χ0n) is 15.5. The average molecular weight is 478 g/mol. The molecular weight excluding hydrogens is 464 g/mol. The maximum Gasteiger partial charge on any atom is 0.337 e. The lowest BCUT2D eigenvalue weighted by atomic mass is 9.56. The van der Waals surface area contributed by atoms with Gasteiger partial charge in [0, 0.05) is 0 Å². The SMILES string of the molecule is N#CC1(C(=O)O)C(CC(=O)O)(C(=O)O)C(C(=O)O)SC1(C(=O)O)N(CC(=O)O)CC(=O)O. The van der Waals surface area contributed by atoms with E-state index in [1.54, 1.807) is 0 Å². The van der Waals surface area contributed by atoms with Gasteiger partial charge in [0.05, 0.1) is 25.6 Å². The fourth-order valence-electron chi connectivity index (χ4n) is 3.75. The highest BCUT2D eigenvalue weighted by molar-refractivity contribution is 8.03. The third kappa shape index (κ3) is 3.44. The number of hydrogen-bond acceptors (Lipinski definition) is 10. The summed E-state index contributed by atoms with van der Waals surface area (Å²) in [5.74, 6) is -15.8. The fourth-order valence-corrected chi connectivity index (χ4v) is 5.63. The maximum absolute atomic E-state index is 12.4. The van der Waals surface area contributed by atoms with E-state index in [0.717, 1.165) is 6.07 Å². The number of carboxylic acid groups (broad SMARTS) is 7. The van der Waals surface area contributed by atoms with Gasteiger partial charge in [-0.05, 0) is 0 Å². The van der Waals surface area contributed by atoms with Crippen molar-refractivity contribution in [1.82, 2.24) is 4.90 Å². The van der Waals surface area contributed by atoms with Crippen LogP contribution in [-0.4, -0.2) is 106 Å². The summed E-state index contributed by atoms with van der Waals surface area (Å²) in [7, 11) is 0. The standard InChI is InChI=1S/C15H14N2O14S/c16-4-14(11(28)29)13(10(26)27,1-5(18)19)8(9(24)25)32-15(14,12(30)31)17(2-6(20)21)3-7(22)23/h8H,1-3H2,(H,18,19)(H,20,21)(H,22,23)(H,24,25)(H,26,27)(H,28,29)(H,30,31). The van der Waals surface area contributed by atoms with Crippen LogP contribution < -0.4 is 0 Å². The minimum Gasteiger partial charge on any atom is -0.481 e. The molecule has 0 radical (unpaired) electrons. The van der Waals surface area contributed by atoms with Gasteiger partial charge in [0.1, 0.15) is 10.7 Å². The molecule has 0 amide bonds. The van der Waals surface area contributed by atoms with Crippen molar-refractivity contribution >= 4 is 53.5 Å². The molecule has 4 unspecified atom stereocenters. The van der Waals surface area contributed by atoms with Crippen molar-refractivity contribution in [3.8, 4) is 6.07 Å². The van der Waals surface area contributed by atoms with Gasteiger partial charge in [-0.2, -0.15) is 5.26 Å². The molecule has 1 saturated heterocycles. The topological polar surface area (TPSA) is 288 Å². The molecule has 0 aliphatic carbocycles. The Morgan fingerprint density at radius 1 is 0.781 bits per heavy atom. The van der Waals surface area contributed by atoms with Crippen LogP contribution in [0.25, 0.3) is 0 Å². The summed E-state index contributed by atoms with van der Waals surface area (Å²) in [6.07, 6.45) is -1.88. The summed E-state index contributed by atoms with van der Waals surface area (Å²) >= 11 is -0.544. The first-order chi connectivity index (χ1) is 14.6. The van der Waals surface area contributed by atoms with Gasteiger partial charge >= 0.3 is 41.8 Å². The van der Waals surface area contributed by atoms with Crippen LogP contribution >= 0.6 is 11.8 Å². The number of thioether (sulfide) groups is 1. The molecule has 0 aromatic rings. The third-order valence-electron chi connectivity index (χ3n) is 4.83. The molecule has 1 heterocycles. The predicted octanol–water partition coefficient (Wildman–Crippen LogP) is -2.42. The molecule has 0 bridgehead atoms. The normalized spacial score (nSPS) is 29.1. The Hall–Kier alpha value is -3.91. The Kier molecular flexibility index (Phi) is 7.09. The Morgan fingerprint density at radius 2 is 1.25 bits per heavy atom. The molecule has 32 heavy (non-hydrogen) atoms. The molecule has 0 spiro atoms. The summed E-state index contributed by atoms with van der Waals surface area (Å²) < 4.78 is 0. The lowest BCUT2D eigenvalue weighted by Gasteiger charge is -2.45. The van der Waals surface area contributed by atoms with E-state index in [1.807, 2.05) is 0 Å². The molecule has 1 aliphatic rings. The molecule has 1 fully saturated rings. The van der Waals surface area contributed by atoms with Crippen LogP contribution in [0.3, 0.4) is 0 Å². The van der Waals surface area contributed by atoms with E-state index in [2.05, 4.69) is 0 Å². The van der Waals surface area contributed by atoms with Gasteiger partial charge in [-0.25, -0.2) is 4.79 Å². The second-order valence-corrected chi connectivity index (χ2v) is 7.74. The van der Waals surface area contributed by atoms with E-state index in [9.17, 15) is 64.4 Å². The van der Waals surface area contributed by atoms with E-state index in [4.69, 9.17) is 10.2 Å². The summed E-state index contributed by atoms with van der Waals surface area (Å²) in [6, 6.07) is 0.902. The minimum atomic E-state index is -3.99. The highest BCUT2D eigenvalue weighted by Crippen LogP contribution is 2.68. The molecule has 1 rings (SSSR count). The van der Waals surface area contributed by atoms with Crippen molar-refractivity contribution in [2.75, 3.05) is 13.1 Å². The van der Waals surface area contributed by atoms with Crippen LogP contribution in [0.1, 0.15) is 6.42 Å². The molecular formula is C15H14N2O14S. The smallest absolute Gasteiger partial charge is 0.337 e. The molecule has 174 valence electrons. The van der Waals surface area contributed by atoms with Crippen molar-refractivity contribution in [1.29, 1.82) is 5.26 Å². The maximum atomic E-state index is 12.4. The van der Waals surface area contributed by atoms with Crippen LogP contribution in [0, 0.1) is 22.2 Å².